The van der Waals surface area contributed by atoms with Crippen molar-refractivity contribution >= 4 is 0 Å². The molecule has 1 aliphatic carbocycles. The van der Waals surface area contributed by atoms with E-state index in [1.165, 1.54) is 12.8 Å². The molecular formula is C8H13N3O. The van der Waals surface area contributed by atoms with Crippen molar-refractivity contribution in [3.63, 3.8) is 0 Å². The number of nitrogens with zero attached hydrogens (tertiary/aromatic N) is 3. The SMILES string of the molecule is COCCc1nncn1C1CC1. The van der Waals surface area contributed by atoms with Crippen LogP contribution in [0, 0.1) is 0 Å². The van der Waals surface area contributed by atoms with E-state index in [-0.39, 0.29) is 0 Å². The Morgan fingerprint density at radius 2 is 2.50 bits per heavy atom. The largest absolute Gasteiger partial charge is 0.384 e. The normalized spacial score (nSPS) is 16.8. The molecule has 66 valence electrons. The molecular weight excluding hydrogens is 154 g/mol. The summed E-state index contributed by atoms with van der Waals surface area (Å²) >= 11 is 0. The van der Waals surface area contributed by atoms with Crippen molar-refractivity contribution < 1.29 is 4.74 Å². The topological polar surface area (TPSA) is 39.9 Å². The predicted molar refractivity (Wildman–Crippen MR) is 43.9 cm³/mol. The fourth-order valence-electron chi connectivity index (χ4n) is 1.30. The predicted octanol–water partition coefficient (Wildman–Crippen LogP) is 0.802. The van der Waals surface area contributed by atoms with Crippen molar-refractivity contribution in [2.24, 2.45) is 0 Å². The maximum Gasteiger partial charge on any atom is 0.135 e. The van der Waals surface area contributed by atoms with Crippen molar-refractivity contribution in [1.29, 1.82) is 0 Å². The van der Waals surface area contributed by atoms with Crippen LogP contribution < -0.4 is 0 Å². The zero-order valence-electron chi connectivity index (χ0n) is 7.23. The first-order valence-corrected chi connectivity index (χ1v) is 4.29. The van der Waals surface area contributed by atoms with E-state index >= 15 is 0 Å². The van der Waals surface area contributed by atoms with Crippen molar-refractivity contribution in [3.05, 3.63) is 12.2 Å². The number of rotatable bonds is 4. The molecule has 12 heavy (non-hydrogen) atoms. The van der Waals surface area contributed by atoms with Crippen LogP contribution in [0.15, 0.2) is 6.33 Å². The van der Waals surface area contributed by atoms with Crippen LogP contribution in [0.5, 0.6) is 0 Å². The Hall–Kier alpha value is -0.900. The summed E-state index contributed by atoms with van der Waals surface area (Å²) in [5, 5.41) is 7.94. The van der Waals surface area contributed by atoms with Crippen molar-refractivity contribution in [1.82, 2.24) is 14.8 Å². The van der Waals surface area contributed by atoms with Gasteiger partial charge < -0.3 is 9.30 Å². The number of hydrogen-bond donors (Lipinski definition) is 0. The van der Waals surface area contributed by atoms with Crippen LogP contribution in [0.1, 0.15) is 24.7 Å². The van der Waals surface area contributed by atoms with Crippen LogP contribution in [0.4, 0.5) is 0 Å². The second kappa shape index (κ2) is 3.23. The molecule has 0 saturated heterocycles. The molecule has 2 rings (SSSR count). The summed E-state index contributed by atoms with van der Waals surface area (Å²) in [6.07, 6.45) is 5.24. The highest BCUT2D eigenvalue weighted by Gasteiger charge is 2.25. The van der Waals surface area contributed by atoms with E-state index in [0.717, 1.165) is 18.9 Å². The lowest BCUT2D eigenvalue weighted by Crippen LogP contribution is -2.04. The quantitative estimate of drug-likeness (QED) is 0.666. The van der Waals surface area contributed by atoms with Gasteiger partial charge in [0.25, 0.3) is 0 Å². The first-order chi connectivity index (χ1) is 5.92. The summed E-state index contributed by atoms with van der Waals surface area (Å²) in [6.45, 7) is 0.728. The van der Waals surface area contributed by atoms with Crippen molar-refractivity contribution in [2.45, 2.75) is 25.3 Å². The first kappa shape index (κ1) is 7.73. The summed E-state index contributed by atoms with van der Waals surface area (Å²) in [4.78, 5) is 0. The van der Waals surface area contributed by atoms with Gasteiger partial charge in [0.05, 0.1) is 6.61 Å². The van der Waals surface area contributed by atoms with E-state index in [9.17, 15) is 0 Å². The lowest BCUT2D eigenvalue weighted by atomic mass is 10.4. The Labute approximate surface area is 71.6 Å². The number of methoxy groups -OCH3 is 1. The van der Waals surface area contributed by atoms with Gasteiger partial charge in [0, 0.05) is 19.6 Å². The van der Waals surface area contributed by atoms with Crippen LogP contribution in [0.2, 0.25) is 0 Å². The molecule has 0 aliphatic heterocycles. The highest BCUT2D eigenvalue weighted by molar-refractivity contribution is 4.94. The monoisotopic (exact) mass is 167 g/mol. The third-order valence-electron chi connectivity index (χ3n) is 2.12. The molecule has 0 bridgehead atoms. The Bertz CT molecular complexity index is 255. The molecule has 1 fully saturated rings. The smallest absolute Gasteiger partial charge is 0.135 e. The minimum atomic E-state index is 0.673. The Balaban J connectivity index is 2.03. The van der Waals surface area contributed by atoms with Gasteiger partial charge in [0.15, 0.2) is 0 Å². The molecule has 0 N–H and O–H groups in total. The molecule has 4 nitrogen and oxygen atoms in total. The second-order valence-corrected chi connectivity index (χ2v) is 3.13. The lowest BCUT2D eigenvalue weighted by Gasteiger charge is -2.02. The maximum atomic E-state index is 4.99. The fourth-order valence-corrected chi connectivity index (χ4v) is 1.30. The molecule has 0 unspecified atom stereocenters. The van der Waals surface area contributed by atoms with Gasteiger partial charge in [0.2, 0.25) is 0 Å². The van der Waals surface area contributed by atoms with Gasteiger partial charge >= 0.3 is 0 Å². The molecule has 0 radical (unpaired) electrons. The van der Waals surface area contributed by atoms with Gasteiger partial charge in [-0.3, -0.25) is 0 Å². The van der Waals surface area contributed by atoms with E-state index < -0.39 is 0 Å². The summed E-state index contributed by atoms with van der Waals surface area (Å²) in [5.74, 6) is 1.05. The second-order valence-electron chi connectivity index (χ2n) is 3.13. The maximum absolute atomic E-state index is 4.99. The van der Waals surface area contributed by atoms with Gasteiger partial charge in [-0.25, -0.2) is 0 Å². The van der Waals surface area contributed by atoms with Crippen LogP contribution in [-0.2, 0) is 11.2 Å². The Morgan fingerprint density at radius 1 is 1.67 bits per heavy atom. The van der Waals surface area contributed by atoms with Crippen LogP contribution in [-0.4, -0.2) is 28.5 Å². The Kier molecular flexibility index (Phi) is 2.08. The van der Waals surface area contributed by atoms with Gasteiger partial charge in [-0.05, 0) is 12.8 Å². The molecule has 1 aromatic heterocycles. The standard InChI is InChI=1S/C8H13N3O/c1-12-5-4-8-10-9-6-11(8)7-2-3-7/h6-7H,2-5H2,1H3. The van der Waals surface area contributed by atoms with Crippen molar-refractivity contribution in [3.8, 4) is 0 Å². The molecule has 1 aromatic rings. The van der Waals surface area contributed by atoms with Gasteiger partial charge in [-0.2, -0.15) is 0 Å². The van der Waals surface area contributed by atoms with Gasteiger partial charge in [-0.1, -0.05) is 0 Å². The highest BCUT2D eigenvalue weighted by atomic mass is 16.5. The molecule has 4 heteroatoms. The van der Waals surface area contributed by atoms with E-state index in [2.05, 4.69) is 14.8 Å². The molecule has 1 heterocycles. The molecule has 1 aliphatic rings. The van der Waals surface area contributed by atoms with Crippen LogP contribution in [0.25, 0.3) is 0 Å². The minimum absolute atomic E-state index is 0.673. The average molecular weight is 167 g/mol. The third kappa shape index (κ3) is 1.48. The van der Waals surface area contributed by atoms with Crippen molar-refractivity contribution in [2.75, 3.05) is 13.7 Å². The number of ether oxygens (including phenoxy) is 1. The van der Waals surface area contributed by atoms with Gasteiger partial charge in [0.1, 0.15) is 12.2 Å². The van der Waals surface area contributed by atoms with E-state index in [4.69, 9.17) is 4.74 Å². The molecule has 1 saturated carbocycles. The van der Waals surface area contributed by atoms with Crippen LogP contribution in [0.3, 0.4) is 0 Å². The average Bonchev–Trinajstić information content (AvgIpc) is 2.83. The summed E-state index contributed by atoms with van der Waals surface area (Å²) < 4.78 is 7.15. The Morgan fingerprint density at radius 3 is 3.17 bits per heavy atom. The first-order valence-electron chi connectivity index (χ1n) is 4.29. The zero-order valence-corrected chi connectivity index (χ0v) is 7.23. The van der Waals surface area contributed by atoms with Gasteiger partial charge in [-0.15, -0.1) is 10.2 Å². The summed E-state index contributed by atoms with van der Waals surface area (Å²) in [6, 6.07) is 0.673. The molecule has 0 atom stereocenters. The number of aromatic nitrogens is 3. The highest BCUT2D eigenvalue weighted by Crippen LogP contribution is 2.35. The molecule has 0 spiro atoms. The van der Waals surface area contributed by atoms with E-state index in [1.54, 1.807) is 7.11 Å². The molecule has 0 aromatic carbocycles. The molecule has 0 amide bonds. The lowest BCUT2D eigenvalue weighted by molar-refractivity contribution is 0.199. The van der Waals surface area contributed by atoms with E-state index in [1.807, 2.05) is 6.33 Å². The zero-order chi connectivity index (χ0) is 8.39. The van der Waals surface area contributed by atoms with E-state index in [0.29, 0.717) is 6.04 Å². The van der Waals surface area contributed by atoms with Crippen LogP contribution >= 0.6 is 0 Å². The summed E-state index contributed by atoms with van der Waals surface area (Å²) in [7, 11) is 1.71. The number of hydrogen-bond acceptors (Lipinski definition) is 3. The summed E-state index contributed by atoms with van der Waals surface area (Å²) in [5.41, 5.74) is 0. The third-order valence-corrected chi connectivity index (χ3v) is 2.12. The minimum Gasteiger partial charge on any atom is -0.384 e. The fraction of sp³-hybridized carbons (Fsp3) is 0.750.